The van der Waals surface area contributed by atoms with Crippen LogP contribution < -0.4 is 0 Å². The van der Waals surface area contributed by atoms with Gasteiger partial charge in [0.1, 0.15) is 14.9 Å². The number of hydrogen-bond acceptors (Lipinski definition) is 3. The third kappa shape index (κ3) is 3.87. The van der Waals surface area contributed by atoms with Crippen LogP contribution in [0.15, 0.2) is 48.5 Å². The lowest BCUT2D eigenvalue weighted by Crippen LogP contribution is -2.47. The molecule has 7 heteroatoms. The van der Waals surface area contributed by atoms with Crippen LogP contribution >= 0.6 is 35.6 Å². The van der Waals surface area contributed by atoms with Gasteiger partial charge in [-0.1, -0.05) is 72.0 Å². The van der Waals surface area contributed by atoms with Crippen molar-refractivity contribution in [3.8, 4) is 0 Å². The van der Waals surface area contributed by atoms with Crippen molar-refractivity contribution >= 4 is 46.1 Å². The highest BCUT2D eigenvalue weighted by molar-refractivity contribution is 8.24. The molecule has 0 amide bonds. The largest absolute Gasteiger partial charge is 0.622 e. The molecule has 2 aromatic rings. The molecule has 0 aliphatic carbocycles. The number of benzene rings is 2. The number of hydroxylamine groups is 1. The molecule has 0 bridgehead atoms. The quantitative estimate of drug-likeness (QED) is 0.233. The van der Waals surface area contributed by atoms with Crippen LogP contribution in [-0.2, 0) is 6.54 Å². The zero-order chi connectivity index (χ0) is 18.9. The summed E-state index contributed by atoms with van der Waals surface area (Å²) in [5.41, 5.74) is 1.14. The summed E-state index contributed by atoms with van der Waals surface area (Å²) in [5.74, 6) is -0.529. The SMILES string of the molecule is CC1(C)SC(=S)N(Cc2ccccc2)[C@H]1/[N+]([O-])=C/c1c(F)cccc1Cl. The van der Waals surface area contributed by atoms with Gasteiger partial charge in [0.2, 0.25) is 0 Å². The summed E-state index contributed by atoms with van der Waals surface area (Å²) in [6, 6.07) is 14.2. The van der Waals surface area contributed by atoms with Crippen molar-refractivity contribution < 1.29 is 9.13 Å². The zero-order valence-electron chi connectivity index (χ0n) is 14.4. The van der Waals surface area contributed by atoms with E-state index >= 15 is 0 Å². The summed E-state index contributed by atoms with van der Waals surface area (Å²) in [5, 5.41) is 13.2. The van der Waals surface area contributed by atoms with Gasteiger partial charge in [0.15, 0.2) is 6.21 Å². The van der Waals surface area contributed by atoms with E-state index in [9.17, 15) is 9.60 Å². The highest BCUT2D eigenvalue weighted by atomic mass is 35.5. The van der Waals surface area contributed by atoms with Crippen molar-refractivity contribution in [2.75, 3.05) is 0 Å². The standard InChI is InChI=1S/C19H18ClFN2OS2/c1-19(2)17(23(24)12-14-15(20)9-6-10-16(14)21)22(18(25)26-19)11-13-7-4-3-5-8-13/h3-10,12,17H,11H2,1-2H3/b23-12-/t17-/m0/s1. The highest BCUT2D eigenvalue weighted by Gasteiger charge is 2.50. The van der Waals surface area contributed by atoms with Gasteiger partial charge in [-0.25, -0.2) is 4.39 Å². The molecule has 0 unspecified atom stereocenters. The molecule has 0 N–H and O–H groups in total. The van der Waals surface area contributed by atoms with E-state index < -0.39 is 16.7 Å². The number of hydrogen-bond donors (Lipinski definition) is 0. The lowest BCUT2D eigenvalue weighted by atomic mass is 10.1. The fraction of sp³-hybridized carbons (Fsp3) is 0.263. The topological polar surface area (TPSA) is 29.3 Å². The molecular formula is C19H18ClFN2OS2. The first-order valence-electron chi connectivity index (χ1n) is 8.07. The Morgan fingerprint density at radius 1 is 1.27 bits per heavy atom. The Hall–Kier alpha value is -1.63. The number of nitrogens with zero attached hydrogens (tertiary/aromatic N) is 2. The fourth-order valence-electron chi connectivity index (χ4n) is 3.02. The van der Waals surface area contributed by atoms with Gasteiger partial charge in [-0.2, -0.15) is 4.74 Å². The number of rotatable bonds is 4. The Morgan fingerprint density at radius 2 is 1.96 bits per heavy atom. The van der Waals surface area contributed by atoms with Crippen molar-refractivity contribution in [1.29, 1.82) is 0 Å². The maximum absolute atomic E-state index is 14.1. The maximum Gasteiger partial charge on any atom is 0.254 e. The van der Waals surface area contributed by atoms with Crippen molar-refractivity contribution in [2.45, 2.75) is 31.3 Å². The van der Waals surface area contributed by atoms with Crippen LogP contribution in [0.4, 0.5) is 4.39 Å². The van der Waals surface area contributed by atoms with Crippen LogP contribution in [0.5, 0.6) is 0 Å². The molecule has 1 saturated heterocycles. The highest BCUT2D eigenvalue weighted by Crippen LogP contribution is 2.42. The third-order valence-corrected chi connectivity index (χ3v) is 6.15. The van der Waals surface area contributed by atoms with Gasteiger partial charge in [-0.3, -0.25) is 4.90 Å². The van der Waals surface area contributed by atoms with Gasteiger partial charge in [0, 0.05) is 0 Å². The van der Waals surface area contributed by atoms with E-state index in [0.29, 0.717) is 10.9 Å². The Morgan fingerprint density at radius 3 is 2.62 bits per heavy atom. The average molecular weight is 409 g/mol. The van der Waals surface area contributed by atoms with Crippen LogP contribution in [0, 0.1) is 11.0 Å². The number of thiocarbonyl (C=S) groups is 1. The van der Waals surface area contributed by atoms with E-state index in [4.69, 9.17) is 23.8 Å². The molecule has 3 rings (SSSR count). The van der Waals surface area contributed by atoms with E-state index in [1.54, 1.807) is 6.07 Å². The van der Waals surface area contributed by atoms with Crippen LogP contribution in [0.3, 0.4) is 0 Å². The smallest absolute Gasteiger partial charge is 0.254 e. The molecule has 1 aliphatic rings. The third-order valence-electron chi connectivity index (χ3n) is 4.19. The average Bonchev–Trinajstić information content (AvgIpc) is 2.80. The normalized spacial score (nSPS) is 19.8. The van der Waals surface area contributed by atoms with Gasteiger partial charge in [-0.05, 0) is 31.5 Å². The molecule has 26 heavy (non-hydrogen) atoms. The van der Waals surface area contributed by atoms with Gasteiger partial charge in [0.05, 0.1) is 17.1 Å². The van der Waals surface area contributed by atoms with Gasteiger partial charge in [0.25, 0.3) is 6.17 Å². The molecular weight excluding hydrogens is 391 g/mol. The Bertz CT molecular complexity index is 838. The Balaban J connectivity index is 1.98. The molecule has 3 nitrogen and oxygen atoms in total. The first-order chi connectivity index (χ1) is 12.3. The lowest BCUT2D eigenvalue weighted by Gasteiger charge is -2.30. The number of halogens is 2. The maximum atomic E-state index is 14.1. The fourth-order valence-corrected chi connectivity index (χ4v) is 5.11. The minimum absolute atomic E-state index is 0.0856. The zero-order valence-corrected chi connectivity index (χ0v) is 16.7. The second-order valence-electron chi connectivity index (χ2n) is 6.58. The van der Waals surface area contributed by atoms with Gasteiger partial charge < -0.3 is 5.21 Å². The number of thioether (sulfide) groups is 1. The Labute approximate surface area is 167 Å². The van der Waals surface area contributed by atoms with Crippen LogP contribution in [0.25, 0.3) is 0 Å². The molecule has 1 heterocycles. The van der Waals surface area contributed by atoms with Crippen LogP contribution in [0.2, 0.25) is 5.02 Å². The summed E-state index contributed by atoms with van der Waals surface area (Å²) < 4.78 is 15.0. The molecule has 1 atom stereocenters. The summed E-state index contributed by atoms with van der Waals surface area (Å²) in [6.07, 6.45) is 0.646. The van der Waals surface area contributed by atoms with E-state index in [2.05, 4.69) is 0 Å². The molecule has 2 aromatic carbocycles. The predicted molar refractivity (Wildman–Crippen MR) is 110 cm³/mol. The van der Waals surface area contributed by atoms with Crippen molar-refractivity contribution in [3.05, 3.63) is 75.7 Å². The van der Waals surface area contributed by atoms with E-state index in [1.165, 1.54) is 30.1 Å². The molecule has 0 radical (unpaired) electrons. The van der Waals surface area contributed by atoms with E-state index in [-0.39, 0.29) is 10.6 Å². The second-order valence-corrected chi connectivity index (χ2v) is 9.28. The van der Waals surface area contributed by atoms with Crippen LogP contribution in [-0.4, -0.2) is 31.1 Å². The van der Waals surface area contributed by atoms with Crippen molar-refractivity contribution in [3.63, 3.8) is 0 Å². The summed E-state index contributed by atoms with van der Waals surface area (Å²) in [4.78, 5) is 1.88. The second kappa shape index (κ2) is 7.55. The molecule has 0 spiro atoms. The van der Waals surface area contributed by atoms with Crippen molar-refractivity contribution in [2.24, 2.45) is 0 Å². The first-order valence-corrected chi connectivity index (χ1v) is 9.68. The molecule has 0 aromatic heterocycles. The van der Waals surface area contributed by atoms with E-state index in [0.717, 1.165) is 10.3 Å². The summed E-state index contributed by atoms with van der Waals surface area (Å²) in [6.45, 7) is 4.43. The minimum atomic E-state index is -0.573. The molecule has 0 saturated carbocycles. The first kappa shape index (κ1) is 19.1. The Kier molecular flexibility index (Phi) is 5.55. The van der Waals surface area contributed by atoms with Crippen LogP contribution in [0.1, 0.15) is 25.0 Å². The summed E-state index contributed by atoms with van der Waals surface area (Å²) >= 11 is 13.0. The van der Waals surface area contributed by atoms with Gasteiger partial charge in [-0.15, -0.1) is 0 Å². The van der Waals surface area contributed by atoms with Crippen molar-refractivity contribution in [1.82, 2.24) is 4.90 Å². The minimum Gasteiger partial charge on any atom is -0.622 e. The summed E-state index contributed by atoms with van der Waals surface area (Å²) in [7, 11) is 0. The predicted octanol–water partition coefficient (Wildman–Crippen LogP) is 5.05. The molecule has 136 valence electrons. The molecule has 1 aliphatic heterocycles. The molecule has 1 fully saturated rings. The monoisotopic (exact) mass is 408 g/mol. The van der Waals surface area contributed by atoms with E-state index in [1.807, 2.05) is 49.1 Å². The van der Waals surface area contributed by atoms with Gasteiger partial charge >= 0.3 is 0 Å². The lowest BCUT2D eigenvalue weighted by molar-refractivity contribution is -0.524.